The van der Waals surface area contributed by atoms with Gasteiger partial charge in [0.15, 0.2) is 0 Å². The number of hydrogen-bond acceptors (Lipinski definition) is 4. The van der Waals surface area contributed by atoms with Crippen molar-refractivity contribution >= 4 is 21.6 Å². The highest BCUT2D eigenvalue weighted by molar-refractivity contribution is 7.88. The van der Waals surface area contributed by atoms with Crippen LogP contribution in [-0.2, 0) is 21.4 Å². The van der Waals surface area contributed by atoms with E-state index in [1.165, 1.54) is 6.26 Å². The molecule has 0 N–H and O–H groups in total. The Bertz CT molecular complexity index is 809. The average Bonchev–Trinajstić information content (AvgIpc) is 2.96. The molecule has 1 saturated heterocycles. The predicted octanol–water partition coefficient (Wildman–Crippen LogP) is 2.69. The monoisotopic (exact) mass is 407 g/mol. The first-order valence-electron chi connectivity index (χ1n) is 10.2. The molecule has 1 aromatic carbocycles. The molecule has 0 spiro atoms. The maximum atomic E-state index is 12.6. The number of carbonyl (C=O) groups excluding carboxylic acids is 1. The van der Waals surface area contributed by atoms with Crippen molar-refractivity contribution in [1.82, 2.24) is 9.21 Å². The molecular formula is C21H33N3O3S. The Morgan fingerprint density at radius 3 is 2.46 bits per heavy atom. The number of benzene rings is 1. The number of anilines is 1. The summed E-state index contributed by atoms with van der Waals surface area (Å²) in [4.78, 5) is 16.6. The van der Waals surface area contributed by atoms with Gasteiger partial charge in [0.2, 0.25) is 15.9 Å². The van der Waals surface area contributed by atoms with Crippen LogP contribution in [0.3, 0.4) is 0 Å². The SMILES string of the molecule is CC(=O)N1CC[C@H]2CC[C@@H](CN(CC(C)C)Cc3ccccc31)N2S(C)(=O)=O. The van der Waals surface area contributed by atoms with Crippen LogP contribution in [0.1, 0.15) is 45.6 Å². The molecule has 1 aromatic rings. The maximum Gasteiger partial charge on any atom is 0.223 e. The predicted molar refractivity (Wildman–Crippen MR) is 113 cm³/mol. The molecule has 0 aliphatic carbocycles. The second-order valence-corrected chi connectivity index (χ2v) is 10.5. The largest absolute Gasteiger partial charge is 0.312 e. The van der Waals surface area contributed by atoms with Crippen molar-refractivity contribution in [2.45, 2.75) is 58.7 Å². The summed E-state index contributed by atoms with van der Waals surface area (Å²) in [6.07, 6.45) is 3.73. The average molecular weight is 408 g/mol. The normalized spacial score (nSPS) is 24.8. The molecule has 0 saturated carbocycles. The van der Waals surface area contributed by atoms with E-state index >= 15 is 0 Å². The molecule has 3 rings (SSSR count). The van der Waals surface area contributed by atoms with Crippen LogP contribution in [0.2, 0.25) is 0 Å². The summed E-state index contributed by atoms with van der Waals surface area (Å²) in [6, 6.07) is 8.05. The zero-order valence-corrected chi connectivity index (χ0v) is 18.3. The van der Waals surface area contributed by atoms with E-state index in [1.54, 1.807) is 11.2 Å². The van der Waals surface area contributed by atoms with Crippen LogP contribution in [0.15, 0.2) is 24.3 Å². The van der Waals surface area contributed by atoms with E-state index < -0.39 is 10.0 Å². The Labute approximate surface area is 169 Å². The van der Waals surface area contributed by atoms with Crippen LogP contribution in [0.5, 0.6) is 0 Å². The van der Waals surface area contributed by atoms with E-state index in [2.05, 4.69) is 24.8 Å². The molecule has 1 amide bonds. The summed E-state index contributed by atoms with van der Waals surface area (Å²) in [5.41, 5.74) is 2.08. The van der Waals surface area contributed by atoms with Crippen LogP contribution < -0.4 is 4.90 Å². The topological polar surface area (TPSA) is 60.9 Å². The molecule has 6 nitrogen and oxygen atoms in total. The van der Waals surface area contributed by atoms with Gasteiger partial charge in [-0.15, -0.1) is 0 Å². The quantitative estimate of drug-likeness (QED) is 0.773. The summed E-state index contributed by atoms with van der Waals surface area (Å²) in [6.45, 7) is 8.85. The summed E-state index contributed by atoms with van der Waals surface area (Å²) in [5, 5.41) is 0. The first-order valence-corrected chi connectivity index (χ1v) is 12.1. The first kappa shape index (κ1) is 21.3. The first-order chi connectivity index (χ1) is 13.2. The highest BCUT2D eigenvalue weighted by atomic mass is 32.2. The van der Waals surface area contributed by atoms with Crippen molar-refractivity contribution in [3.63, 3.8) is 0 Å². The Morgan fingerprint density at radius 1 is 1.14 bits per heavy atom. The molecule has 0 radical (unpaired) electrons. The van der Waals surface area contributed by atoms with Gasteiger partial charge in [-0.25, -0.2) is 8.42 Å². The van der Waals surface area contributed by atoms with Gasteiger partial charge in [0.1, 0.15) is 0 Å². The number of sulfonamides is 1. The van der Waals surface area contributed by atoms with E-state index in [0.717, 1.165) is 43.7 Å². The Kier molecular flexibility index (Phi) is 6.47. The minimum absolute atomic E-state index is 0.00237. The number of fused-ring (bicyclic) bond motifs is 3. The molecule has 2 aliphatic rings. The van der Waals surface area contributed by atoms with Gasteiger partial charge in [-0.1, -0.05) is 32.0 Å². The van der Waals surface area contributed by atoms with Gasteiger partial charge >= 0.3 is 0 Å². The van der Waals surface area contributed by atoms with Gasteiger partial charge in [0, 0.05) is 50.9 Å². The number of carbonyl (C=O) groups is 1. The summed E-state index contributed by atoms with van der Waals surface area (Å²) >= 11 is 0. The van der Waals surface area contributed by atoms with Gasteiger partial charge < -0.3 is 4.90 Å². The number of hydrogen-bond donors (Lipinski definition) is 0. The molecule has 0 unspecified atom stereocenters. The van der Waals surface area contributed by atoms with Gasteiger partial charge in [-0.2, -0.15) is 4.31 Å². The second-order valence-electron chi connectivity index (χ2n) is 8.65. The summed E-state index contributed by atoms with van der Waals surface area (Å²) in [5.74, 6) is 0.479. The van der Waals surface area contributed by atoms with E-state index in [4.69, 9.17) is 0 Å². The molecule has 2 aliphatic heterocycles. The Balaban J connectivity index is 2.03. The van der Waals surface area contributed by atoms with Crippen LogP contribution in [0, 0.1) is 5.92 Å². The van der Waals surface area contributed by atoms with E-state index in [-0.39, 0.29) is 18.0 Å². The smallest absolute Gasteiger partial charge is 0.223 e. The van der Waals surface area contributed by atoms with Crippen molar-refractivity contribution < 1.29 is 13.2 Å². The Hall–Kier alpha value is -1.44. The lowest BCUT2D eigenvalue weighted by atomic mass is 10.1. The fourth-order valence-corrected chi connectivity index (χ4v) is 6.28. The van der Waals surface area contributed by atoms with Crippen LogP contribution in [0.25, 0.3) is 0 Å². The molecule has 156 valence electrons. The van der Waals surface area contributed by atoms with Crippen LogP contribution >= 0.6 is 0 Å². The van der Waals surface area contributed by atoms with Crippen molar-refractivity contribution in [1.29, 1.82) is 0 Å². The molecule has 0 aromatic heterocycles. The lowest BCUT2D eigenvalue weighted by Gasteiger charge is -2.32. The number of para-hydroxylation sites is 1. The summed E-state index contributed by atoms with van der Waals surface area (Å²) < 4.78 is 26.9. The van der Waals surface area contributed by atoms with Crippen LogP contribution in [-0.4, -0.2) is 61.5 Å². The van der Waals surface area contributed by atoms with E-state index in [0.29, 0.717) is 18.9 Å². The number of rotatable bonds is 3. The molecule has 2 heterocycles. The fraction of sp³-hybridized carbons (Fsp3) is 0.667. The number of amides is 1. The van der Waals surface area contributed by atoms with Crippen molar-refractivity contribution in [2.24, 2.45) is 5.92 Å². The fourth-order valence-electron chi connectivity index (χ4n) is 4.81. The van der Waals surface area contributed by atoms with E-state index in [1.807, 2.05) is 23.1 Å². The molecule has 1 fully saturated rings. The maximum absolute atomic E-state index is 12.6. The highest BCUT2D eigenvalue weighted by Gasteiger charge is 2.40. The van der Waals surface area contributed by atoms with E-state index in [9.17, 15) is 13.2 Å². The molecule has 28 heavy (non-hydrogen) atoms. The third-order valence-electron chi connectivity index (χ3n) is 5.77. The third-order valence-corrected chi connectivity index (χ3v) is 7.13. The third kappa shape index (κ3) is 4.75. The lowest BCUT2D eigenvalue weighted by Crippen LogP contribution is -2.47. The number of nitrogens with zero attached hydrogens (tertiary/aromatic N) is 3. The molecule has 2 bridgehead atoms. The van der Waals surface area contributed by atoms with Crippen molar-refractivity contribution in [3.8, 4) is 0 Å². The molecule has 7 heteroatoms. The zero-order chi connectivity index (χ0) is 20.5. The second kappa shape index (κ2) is 8.51. The van der Waals surface area contributed by atoms with Crippen molar-refractivity contribution in [2.75, 3.05) is 30.8 Å². The lowest BCUT2D eigenvalue weighted by molar-refractivity contribution is -0.116. The van der Waals surface area contributed by atoms with Gasteiger partial charge in [0.05, 0.1) is 6.26 Å². The van der Waals surface area contributed by atoms with Gasteiger partial charge in [-0.3, -0.25) is 9.69 Å². The van der Waals surface area contributed by atoms with Gasteiger partial charge in [0.25, 0.3) is 0 Å². The minimum atomic E-state index is -3.30. The van der Waals surface area contributed by atoms with Crippen LogP contribution in [0.4, 0.5) is 5.69 Å². The van der Waals surface area contributed by atoms with Gasteiger partial charge in [-0.05, 0) is 36.8 Å². The zero-order valence-electron chi connectivity index (χ0n) is 17.5. The standard InChI is InChI=1S/C21H33N3O3S/c1-16(2)13-22-14-18-7-5-6-8-21(18)23(17(3)25)12-11-19-9-10-20(15-22)24(19)28(4,26)27/h5-8,16,19-20H,9-15H2,1-4H3/t19-,20+/m1/s1. The molecule has 2 atom stereocenters. The molecular weight excluding hydrogens is 374 g/mol. The van der Waals surface area contributed by atoms with Crippen molar-refractivity contribution in [3.05, 3.63) is 29.8 Å². The minimum Gasteiger partial charge on any atom is -0.312 e. The Morgan fingerprint density at radius 2 is 1.82 bits per heavy atom. The summed E-state index contributed by atoms with van der Waals surface area (Å²) in [7, 11) is -3.30. The highest BCUT2D eigenvalue weighted by Crippen LogP contribution is 2.33.